The zero-order chi connectivity index (χ0) is 13.1. The molecule has 2 rings (SSSR count). The maximum atomic E-state index is 13.6. The van der Waals surface area contributed by atoms with Gasteiger partial charge in [0.2, 0.25) is 0 Å². The van der Waals surface area contributed by atoms with Gasteiger partial charge in [-0.25, -0.2) is 13.2 Å². The Kier molecular flexibility index (Phi) is 3.91. The molecule has 0 amide bonds. The van der Waals surface area contributed by atoms with Gasteiger partial charge in [0.1, 0.15) is 11.6 Å². The first-order valence-corrected chi connectivity index (χ1v) is 6.19. The largest absolute Gasteiger partial charge is 0.451 e. The van der Waals surface area contributed by atoms with Crippen LogP contribution in [0.2, 0.25) is 0 Å². The number of benzene rings is 2. The summed E-state index contributed by atoms with van der Waals surface area (Å²) in [7, 11) is 0. The van der Waals surface area contributed by atoms with E-state index in [1.165, 1.54) is 24.3 Å². The van der Waals surface area contributed by atoms with Crippen molar-refractivity contribution in [1.29, 1.82) is 0 Å². The van der Waals surface area contributed by atoms with Gasteiger partial charge < -0.3 is 4.74 Å². The Hall–Kier alpha value is -1.49. The first kappa shape index (κ1) is 13.0. The molecule has 0 heterocycles. The van der Waals surface area contributed by atoms with Crippen molar-refractivity contribution in [3.05, 3.63) is 59.4 Å². The van der Waals surface area contributed by atoms with Crippen molar-refractivity contribution in [3.63, 3.8) is 0 Å². The van der Waals surface area contributed by atoms with Gasteiger partial charge in [-0.15, -0.1) is 0 Å². The van der Waals surface area contributed by atoms with Crippen LogP contribution in [0.4, 0.5) is 13.2 Å². The van der Waals surface area contributed by atoms with Gasteiger partial charge >= 0.3 is 0 Å². The minimum Gasteiger partial charge on any atom is -0.451 e. The second kappa shape index (κ2) is 5.44. The Balaban J connectivity index is 2.31. The molecular weight excluding hydrogens is 309 g/mol. The minimum absolute atomic E-state index is 0.167. The number of ether oxygens (including phenoxy) is 1. The first-order valence-electron chi connectivity index (χ1n) is 5.07. The molecule has 0 saturated carbocycles. The number of alkyl halides is 1. The average Bonchev–Trinajstić information content (AvgIpc) is 2.35. The molecule has 5 heteroatoms. The summed E-state index contributed by atoms with van der Waals surface area (Å²) in [4.78, 5) is 0. The van der Waals surface area contributed by atoms with Crippen LogP contribution in [-0.4, -0.2) is 0 Å². The number of rotatable bonds is 3. The molecular formula is C13H8BrF3O. The van der Waals surface area contributed by atoms with Crippen molar-refractivity contribution in [2.24, 2.45) is 0 Å². The molecule has 18 heavy (non-hydrogen) atoms. The molecule has 0 aliphatic rings. The molecule has 2 aromatic carbocycles. The van der Waals surface area contributed by atoms with Crippen LogP contribution >= 0.6 is 15.9 Å². The van der Waals surface area contributed by atoms with E-state index < -0.39 is 23.2 Å². The molecule has 94 valence electrons. The van der Waals surface area contributed by atoms with Crippen molar-refractivity contribution in [2.45, 2.75) is 5.33 Å². The molecule has 0 spiro atoms. The smallest absolute Gasteiger partial charge is 0.198 e. The highest BCUT2D eigenvalue weighted by atomic mass is 79.9. The summed E-state index contributed by atoms with van der Waals surface area (Å²) in [6.07, 6.45) is 0. The van der Waals surface area contributed by atoms with Crippen LogP contribution in [0.5, 0.6) is 11.5 Å². The van der Waals surface area contributed by atoms with Crippen LogP contribution in [0.3, 0.4) is 0 Å². The highest BCUT2D eigenvalue weighted by Crippen LogP contribution is 2.29. The van der Waals surface area contributed by atoms with E-state index in [1.807, 2.05) is 0 Å². The third-order valence-electron chi connectivity index (χ3n) is 2.25. The molecule has 2 aromatic rings. The van der Waals surface area contributed by atoms with Crippen molar-refractivity contribution < 1.29 is 17.9 Å². The lowest BCUT2D eigenvalue weighted by Gasteiger charge is -2.09. The van der Waals surface area contributed by atoms with E-state index in [2.05, 4.69) is 15.9 Å². The summed E-state index contributed by atoms with van der Waals surface area (Å²) in [5.41, 5.74) is 0.469. The van der Waals surface area contributed by atoms with Crippen molar-refractivity contribution in [1.82, 2.24) is 0 Å². The highest BCUT2D eigenvalue weighted by molar-refractivity contribution is 9.08. The molecule has 0 N–H and O–H groups in total. The third-order valence-corrected chi connectivity index (χ3v) is 2.89. The zero-order valence-corrected chi connectivity index (χ0v) is 10.7. The molecule has 0 unspecified atom stereocenters. The van der Waals surface area contributed by atoms with Crippen molar-refractivity contribution in [3.8, 4) is 11.5 Å². The van der Waals surface area contributed by atoms with Crippen molar-refractivity contribution >= 4 is 15.9 Å². The van der Waals surface area contributed by atoms with Crippen LogP contribution in [0.25, 0.3) is 0 Å². The van der Waals surface area contributed by atoms with E-state index in [4.69, 9.17) is 4.74 Å². The maximum absolute atomic E-state index is 13.6. The Morgan fingerprint density at radius 1 is 0.944 bits per heavy atom. The van der Waals surface area contributed by atoms with Crippen molar-refractivity contribution in [2.75, 3.05) is 0 Å². The molecule has 0 radical (unpaired) electrons. The minimum atomic E-state index is -0.797. The lowest BCUT2D eigenvalue weighted by Crippen LogP contribution is -1.94. The average molecular weight is 317 g/mol. The summed E-state index contributed by atoms with van der Waals surface area (Å²) in [6.45, 7) is 0. The van der Waals surface area contributed by atoms with E-state index in [1.54, 1.807) is 0 Å². The molecule has 0 atom stereocenters. The van der Waals surface area contributed by atoms with E-state index >= 15 is 0 Å². The molecule has 0 bridgehead atoms. The summed E-state index contributed by atoms with van der Waals surface area (Å²) in [6, 6.07) is 7.25. The van der Waals surface area contributed by atoms with Gasteiger partial charge in [0.15, 0.2) is 17.4 Å². The van der Waals surface area contributed by atoms with E-state index in [0.717, 1.165) is 12.1 Å². The lowest BCUT2D eigenvalue weighted by atomic mass is 10.2. The Morgan fingerprint density at radius 2 is 1.50 bits per heavy atom. The normalized spacial score (nSPS) is 10.4. The molecule has 0 saturated heterocycles. The van der Waals surface area contributed by atoms with Crippen LogP contribution in [-0.2, 0) is 5.33 Å². The Morgan fingerprint density at radius 3 is 2.00 bits per heavy atom. The quantitative estimate of drug-likeness (QED) is 0.740. The van der Waals surface area contributed by atoms with Crippen LogP contribution in [0, 0.1) is 17.5 Å². The van der Waals surface area contributed by atoms with Crippen LogP contribution < -0.4 is 4.74 Å². The molecule has 0 fully saturated rings. The molecule has 0 aliphatic heterocycles. The summed E-state index contributed by atoms with van der Waals surface area (Å²) in [5, 5.41) is 0.345. The van der Waals surface area contributed by atoms with Crippen LogP contribution in [0.1, 0.15) is 5.56 Å². The third kappa shape index (κ3) is 2.85. The summed E-state index contributed by atoms with van der Waals surface area (Å²) in [5.74, 6) is -2.37. The highest BCUT2D eigenvalue weighted by Gasteiger charge is 2.13. The second-order valence-corrected chi connectivity index (χ2v) is 4.14. The summed E-state index contributed by atoms with van der Waals surface area (Å²) < 4.78 is 44.9. The van der Waals surface area contributed by atoms with E-state index in [0.29, 0.717) is 10.9 Å². The van der Waals surface area contributed by atoms with Gasteiger partial charge in [-0.05, 0) is 42.0 Å². The predicted molar refractivity (Wildman–Crippen MR) is 65.5 cm³/mol. The fourth-order valence-electron chi connectivity index (χ4n) is 1.41. The van der Waals surface area contributed by atoms with Gasteiger partial charge in [-0.1, -0.05) is 15.9 Å². The number of halogens is 4. The Bertz CT molecular complexity index is 532. The van der Waals surface area contributed by atoms with Gasteiger partial charge in [0.25, 0.3) is 0 Å². The maximum Gasteiger partial charge on any atom is 0.198 e. The zero-order valence-electron chi connectivity index (χ0n) is 9.09. The molecule has 1 nitrogen and oxygen atoms in total. The fraction of sp³-hybridized carbons (Fsp3) is 0.0769. The lowest BCUT2D eigenvalue weighted by molar-refractivity contribution is 0.406. The predicted octanol–water partition coefficient (Wildman–Crippen LogP) is 4.79. The first-order chi connectivity index (χ1) is 8.60. The second-order valence-electron chi connectivity index (χ2n) is 3.58. The standard InChI is InChI=1S/C13H8BrF3O/c14-7-8-5-11(16)13(12(17)6-8)18-10-3-1-9(15)2-4-10/h1-6H,7H2. The number of hydrogen-bond donors (Lipinski definition) is 0. The number of hydrogen-bond acceptors (Lipinski definition) is 1. The SMILES string of the molecule is Fc1ccc(Oc2c(F)cc(CBr)cc2F)cc1. The summed E-state index contributed by atoms with van der Waals surface area (Å²) >= 11 is 3.11. The topological polar surface area (TPSA) is 9.23 Å². The van der Waals surface area contributed by atoms with E-state index in [-0.39, 0.29) is 5.75 Å². The van der Waals surface area contributed by atoms with Gasteiger partial charge in [-0.3, -0.25) is 0 Å². The molecule has 0 aromatic heterocycles. The van der Waals surface area contributed by atoms with Gasteiger partial charge in [0.05, 0.1) is 0 Å². The Labute approximate surface area is 110 Å². The van der Waals surface area contributed by atoms with Gasteiger partial charge in [0, 0.05) is 5.33 Å². The van der Waals surface area contributed by atoms with Gasteiger partial charge in [-0.2, -0.15) is 0 Å². The monoisotopic (exact) mass is 316 g/mol. The van der Waals surface area contributed by atoms with Crippen LogP contribution in [0.15, 0.2) is 36.4 Å². The molecule has 0 aliphatic carbocycles. The van der Waals surface area contributed by atoms with E-state index in [9.17, 15) is 13.2 Å². The fourth-order valence-corrected chi connectivity index (χ4v) is 1.73.